The molecule has 4 heteroatoms. The molecule has 0 radical (unpaired) electrons. The van der Waals surface area contributed by atoms with Gasteiger partial charge in [-0.3, -0.25) is 0 Å². The van der Waals surface area contributed by atoms with Gasteiger partial charge in [0, 0.05) is 25.4 Å². The van der Waals surface area contributed by atoms with Gasteiger partial charge in [0.2, 0.25) is 0 Å². The van der Waals surface area contributed by atoms with Crippen molar-refractivity contribution in [1.82, 2.24) is 5.32 Å². The van der Waals surface area contributed by atoms with Crippen LogP contribution in [0.1, 0.15) is 26.2 Å². The number of nitrogens with one attached hydrogen (secondary N) is 1. The first-order valence-electron chi connectivity index (χ1n) is 5.68. The van der Waals surface area contributed by atoms with E-state index in [-0.39, 0.29) is 0 Å². The van der Waals surface area contributed by atoms with Gasteiger partial charge in [0.05, 0.1) is 11.7 Å². The van der Waals surface area contributed by atoms with Crippen LogP contribution in [0.4, 0.5) is 0 Å². The second-order valence-electron chi connectivity index (χ2n) is 4.55. The molecule has 2 unspecified atom stereocenters. The summed E-state index contributed by atoms with van der Waals surface area (Å²) >= 11 is 1.67. The van der Waals surface area contributed by atoms with Crippen molar-refractivity contribution < 1.29 is 9.84 Å². The first-order valence-corrected chi connectivity index (χ1v) is 7.07. The van der Waals surface area contributed by atoms with Crippen molar-refractivity contribution in [3.05, 3.63) is 0 Å². The van der Waals surface area contributed by atoms with Crippen LogP contribution < -0.4 is 5.32 Å². The van der Waals surface area contributed by atoms with E-state index in [1.807, 2.05) is 13.2 Å². The standard InChI is InChI=1S/C11H23NO2S/c1-11(13,9-15-2)8-12-7-10-5-3-4-6-14-10/h10,12-13H,3-9H2,1-2H3. The van der Waals surface area contributed by atoms with E-state index in [1.54, 1.807) is 11.8 Å². The molecule has 2 atom stereocenters. The van der Waals surface area contributed by atoms with E-state index >= 15 is 0 Å². The Morgan fingerprint density at radius 3 is 2.93 bits per heavy atom. The minimum atomic E-state index is -0.603. The Bertz CT molecular complexity index is 170. The highest BCUT2D eigenvalue weighted by atomic mass is 32.2. The molecule has 1 aliphatic heterocycles. The van der Waals surface area contributed by atoms with Gasteiger partial charge in [-0.2, -0.15) is 11.8 Å². The summed E-state index contributed by atoms with van der Waals surface area (Å²) in [6.07, 6.45) is 5.98. The molecule has 0 aromatic heterocycles. The molecule has 0 saturated carbocycles. The maximum atomic E-state index is 9.92. The van der Waals surface area contributed by atoms with Gasteiger partial charge in [-0.25, -0.2) is 0 Å². The van der Waals surface area contributed by atoms with E-state index < -0.39 is 5.60 Å². The van der Waals surface area contributed by atoms with Crippen LogP contribution in [0.3, 0.4) is 0 Å². The van der Waals surface area contributed by atoms with Crippen molar-refractivity contribution in [2.75, 3.05) is 31.7 Å². The largest absolute Gasteiger partial charge is 0.388 e. The van der Waals surface area contributed by atoms with Gasteiger partial charge in [-0.15, -0.1) is 0 Å². The Kier molecular flexibility index (Phi) is 5.97. The zero-order valence-corrected chi connectivity index (χ0v) is 10.6. The molecule has 1 aliphatic rings. The maximum absolute atomic E-state index is 9.92. The molecule has 1 fully saturated rings. The number of hydrogen-bond donors (Lipinski definition) is 2. The molecular weight excluding hydrogens is 210 g/mol. The smallest absolute Gasteiger partial charge is 0.0833 e. The molecule has 0 bridgehead atoms. The molecule has 1 saturated heterocycles. The van der Waals surface area contributed by atoms with Gasteiger partial charge in [0.25, 0.3) is 0 Å². The molecule has 0 spiro atoms. The Hall–Kier alpha value is 0.230. The van der Waals surface area contributed by atoms with E-state index in [4.69, 9.17) is 4.74 Å². The molecule has 1 rings (SSSR count). The van der Waals surface area contributed by atoms with Crippen molar-refractivity contribution in [3.63, 3.8) is 0 Å². The fourth-order valence-corrected chi connectivity index (χ4v) is 2.56. The van der Waals surface area contributed by atoms with Gasteiger partial charge < -0.3 is 15.2 Å². The van der Waals surface area contributed by atoms with Gasteiger partial charge in [-0.05, 0) is 32.4 Å². The van der Waals surface area contributed by atoms with Crippen LogP contribution in [0, 0.1) is 0 Å². The molecule has 1 heterocycles. The van der Waals surface area contributed by atoms with Crippen molar-refractivity contribution in [3.8, 4) is 0 Å². The van der Waals surface area contributed by atoms with Crippen LogP contribution in [-0.2, 0) is 4.74 Å². The average Bonchev–Trinajstić information content (AvgIpc) is 2.19. The number of aliphatic hydroxyl groups is 1. The summed E-state index contributed by atoms with van der Waals surface area (Å²) in [5.41, 5.74) is -0.603. The fourth-order valence-electron chi connectivity index (χ4n) is 1.83. The minimum Gasteiger partial charge on any atom is -0.388 e. The van der Waals surface area contributed by atoms with Crippen molar-refractivity contribution in [2.24, 2.45) is 0 Å². The lowest BCUT2D eigenvalue weighted by Gasteiger charge is -2.26. The van der Waals surface area contributed by atoms with Crippen molar-refractivity contribution in [1.29, 1.82) is 0 Å². The van der Waals surface area contributed by atoms with Crippen LogP contribution in [0.2, 0.25) is 0 Å². The molecule has 90 valence electrons. The second kappa shape index (κ2) is 6.74. The Balaban J connectivity index is 2.09. The summed E-state index contributed by atoms with van der Waals surface area (Å²) in [5.74, 6) is 0.769. The summed E-state index contributed by atoms with van der Waals surface area (Å²) < 4.78 is 5.60. The number of rotatable bonds is 6. The third kappa shape index (κ3) is 5.76. The summed E-state index contributed by atoms with van der Waals surface area (Å²) in [7, 11) is 0. The Morgan fingerprint density at radius 1 is 1.53 bits per heavy atom. The molecule has 0 amide bonds. The third-order valence-corrected chi connectivity index (χ3v) is 3.52. The minimum absolute atomic E-state index is 0.351. The quantitative estimate of drug-likeness (QED) is 0.725. The summed E-state index contributed by atoms with van der Waals surface area (Å²) in [5, 5.41) is 13.2. The van der Waals surface area contributed by atoms with Gasteiger partial charge in [0.1, 0.15) is 0 Å². The number of thioether (sulfide) groups is 1. The number of ether oxygens (including phenoxy) is 1. The molecule has 0 aliphatic carbocycles. The van der Waals surface area contributed by atoms with Crippen LogP contribution in [0.5, 0.6) is 0 Å². The molecule has 2 N–H and O–H groups in total. The van der Waals surface area contributed by atoms with Gasteiger partial charge in [-0.1, -0.05) is 0 Å². The van der Waals surface area contributed by atoms with E-state index in [1.165, 1.54) is 12.8 Å². The van der Waals surface area contributed by atoms with Crippen molar-refractivity contribution >= 4 is 11.8 Å². The first-order chi connectivity index (χ1) is 7.14. The topological polar surface area (TPSA) is 41.5 Å². The summed E-state index contributed by atoms with van der Waals surface area (Å²) in [4.78, 5) is 0. The first kappa shape index (κ1) is 13.3. The highest BCUT2D eigenvalue weighted by Gasteiger charge is 2.20. The Labute approximate surface area is 97.0 Å². The zero-order valence-electron chi connectivity index (χ0n) is 9.79. The molecule has 15 heavy (non-hydrogen) atoms. The van der Waals surface area contributed by atoms with Gasteiger partial charge >= 0.3 is 0 Å². The van der Waals surface area contributed by atoms with Crippen LogP contribution in [0.15, 0.2) is 0 Å². The van der Waals surface area contributed by atoms with Crippen molar-refractivity contribution in [2.45, 2.75) is 37.9 Å². The predicted molar refractivity (Wildman–Crippen MR) is 65.5 cm³/mol. The Morgan fingerprint density at radius 2 is 2.33 bits per heavy atom. The summed E-state index contributed by atoms with van der Waals surface area (Å²) in [6.45, 7) is 4.28. The van der Waals surface area contributed by atoms with Crippen LogP contribution in [0.25, 0.3) is 0 Å². The van der Waals surface area contributed by atoms with Crippen LogP contribution >= 0.6 is 11.8 Å². The monoisotopic (exact) mass is 233 g/mol. The SMILES string of the molecule is CSCC(C)(O)CNCC1CCCCO1. The highest BCUT2D eigenvalue weighted by Crippen LogP contribution is 2.12. The van der Waals surface area contributed by atoms with Crippen LogP contribution in [-0.4, -0.2) is 48.5 Å². The molecular formula is C11H23NO2S. The van der Waals surface area contributed by atoms with E-state index in [0.717, 1.165) is 25.3 Å². The lowest BCUT2D eigenvalue weighted by atomic mass is 10.1. The molecule has 3 nitrogen and oxygen atoms in total. The van der Waals surface area contributed by atoms with E-state index in [2.05, 4.69) is 5.32 Å². The lowest BCUT2D eigenvalue weighted by Crippen LogP contribution is -2.43. The van der Waals surface area contributed by atoms with E-state index in [0.29, 0.717) is 12.6 Å². The molecule has 0 aromatic carbocycles. The average molecular weight is 233 g/mol. The van der Waals surface area contributed by atoms with Gasteiger partial charge in [0.15, 0.2) is 0 Å². The molecule has 0 aromatic rings. The predicted octanol–water partition coefficient (Wildman–Crippen LogP) is 1.26. The third-order valence-electron chi connectivity index (χ3n) is 2.61. The fraction of sp³-hybridized carbons (Fsp3) is 1.00. The highest BCUT2D eigenvalue weighted by molar-refractivity contribution is 7.98. The summed E-state index contributed by atoms with van der Waals surface area (Å²) in [6, 6.07) is 0. The zero-order chi connectivity index (χ0) is 11.1. The lowest BCUT2D eigenvalue weighted by molar-refractivity contribution is 0.0118. The second-order valence-corrected chi connectivity index (χ2v) is 5.42. The normalized spacial score (nSPS) is 26.2. The maximum Gasteiger partial charge on any atom is 0.0833 e. The van der Waals surface area contributed by atoms with E-state index in [9.17, 15) is 5.11 Å². The number of hydrogen-bond acceptors (Lipinski definition) is 4.